The second-order valence-electron chi connectivity index (χ2n) is 5.82. The van der Waals surface area contributed by atoms with Crippen molar-refractivity contribution in [3.63, 3.8) is 0 Å². The highest BCUT2D eigenvalue weighted by Crippen LogP contribution is 2.36. The second-order valence-corrected chi connectivity index (χ2v) is 6.67. The molecule has 3 aromatic rings. The van der Waals surface area contributed by atoms with E-state index in [0.29, 0.717) is 5.65 Å². The molecule has 0 spiro atoms. The third-order valence-corrected chi connectivity index (χ3v) is 4.70. The van der Waals surface area contributed by atoms with Gasteiger partial charge in [0.1, 0.15) is 0 Å². The summed E-state index contributed by atoms with van der Waals surface area (Å²) in [6.45, 7) is 6.01. The van der Waals surface area contributed by atoms with Crippen LogP contribution < -0.4 is 0 Å². The molecule has 1 aromatic carbocycles. The topological polar surface area (TPSA) is 67.5 Å². The van der Waals surface area contributed by atoms with Crippen LogP contribution in [-0.4, -0.2) is 25.7 Å². The standard InChI is InChI=1S/C18H18BrN3O2/c1-4-6-12-9-14(18(23)24)20-17-16(11(3)21-22(12)17)15-10(2)7-5-8-13(15)19/h5,7-9H,4,6H2,1-3H3,(H,23,24). The molecule has 2 heterocycles. The van der Waals surface area contributed by atoms with Crippen LogP contribution in [0.3, 0.4) is 0 Å². The maximum Gasteiger partial charge on any atom is 0.354 e. The zero-order chi connectivity index (χ0) is 17.4. The highest BCUT2D eigenvalue weighted by Gasteiger charge is 2.21. The molecular formula is C18H18BrN3O2. The number of carbonyl (C=O) groups is 1. The largest absolute Gasteiger partial charge is 0.477 e. The lowest BCUT2D eigenvalue weighted by molar-refractivity contribution is 0.0690. The summed E-state index contributed by atoms with van der Waals surface area (Å²) in [5, 5.41) is 14.0. The third kappa shape index (κ3) is 2.71. The van der Waals surface area contributed by atoms with E-state index in [1.807, 2.05) is 32.0 Å². The Morgan fingerprint density at radius 2 is 2.04 bits per heavy atom. The van der Waals surface area contributed by atoms with Crippen LogP contribution in [-0.2, 0) is 6.42 Å². The van der Waals surface area contributed by atoms with Crippen molar-refractivity contribution < 1.29 is 9.90 Å². The minimum Gasteiger partial charge on any atom is -0.477 e. The van der Waals surface area contributed by atoms with Gasteiger partial charge in [0.05, 0.1) is 11.3 Å². The van der Waals surface area contributed by atoms with Gasteiger partial charge in [0.2, 0.25) is 0 Å². The maximum atomic E-state index is 11.5. The molecule has 0 unspecified atom stereocenters. The molecule has 0 saturated carbocycles. The van der Waals surface area contributed by atoms with Crippen LogP contribution in [0.2, 0.25) is 0 Å². The summed E-state index contributed by atoms with van der Waals surface area (Å²) < 4.78 is 2.72. The lowest BCUT2D eigenvalue weighted by Crippen LogP contribution is -2.08. The number of halogens is 1. The van der Waals surface area contributed by atoms with Crippen LogP contribution in [0, 0.1) is 13.8 Å². The summed E-state index contributed by atoms with van der Waals surface area (Å²) in [5.74, 6) is -1.02. The van der Waals surface area contributed by atoms with E-state index in [9.17, 15) is 9.90 Å². The quantitative estimate of drug-likeness (QED) is 0.718. The van der Waals surface area contributed by atoms with Gasteiger partial charge >= 0.3 is 5.97 Å². The molecule has 0 saturated heterocycles. The van der Waals surface area contributed by atoms with Gasteiger partial charge in [-0.3, -0.25) is 0 Å². The van der Waals surface area contributed by atoms with Crippen molar-refractivity contribution in [2.45, 2.75) is 33.6 Å². The van der Waals surface area contributed by atoms with Gasteiger partial charge < -0.3 is 5.11 Å². The van der Waals surface area contributed by atoms with Gasteiger partial charge in [-0.1, -0.05) is 41.4 Å². The maximum absolute atomic E-state index is 11.5. The summed E-state index contributed by atoms with van der Waals surface area (Å²) in [6, 6.07) is 7.58. The first-order valence-electron chi connectivity index (χ1n) is 7.82. The van der Waals surface area contributed by atoms with E-state index < -0.39 is 5.97 Å². The van der Waals surface area contributed by atoms with Gasteiger partial charge in [0, 0.05) is 15.7 Å². The molecule has 0 bridgehead atoms. The van der Waals surface area contributed by atoms with Crippen molar-refractivity contribution in [2.24, 2.45) is 0 Å². The number of aromatic carboxylic acids is 1. The van der Waals surface area contributed by atoms with Crippen LogP contribution in [0.25, 0.3) is 16.8 Å². The van der Waals surface area contributed by atoms with Gasteiger partial charge in [-0.05, 0) is 38.0 Å². The van der Waals surface area contributed by atoms with Crippen molar-refractivity contribution in [2.75, 3.05) is 0 Å². The Labute approximate surface area is 148 Å². The van der Waals surface area contributed by atoms with E-state index >= 15 is 0 Å². The van der Waals surface area contributed by atoms with Gasteiger partial charge in [0.15, 0.2) is 11.3 Å². The van der Waals surface area contributed by atoms with E-state index in [0.717, 1.165) is 45.4 Å². The molecule has 2 aromatic heterocycles. The summed E-state index contributed by atoms with van der Waals surface area (Å²) in [5.41, 5.74) is 5.30. The highest BCUT2D eigenvalue weighted by atomic mass is 79.9. The van der Waals surface area contributed by atoms with Crippen molar-refractivity contribution in [1.82, 2.24) is 14.6 Å². The van der Waals surface area contributed by atoms with Gasteiger partial charge in [-0.15, -0.1) is 0 Å². The smallest absolute Gasteiger partial charge is 0.354 e. The summed E-state index contributed by atoms with van der Waals surface area (Å²) >= 11 is 3.60. The first kappa shape index (κ1) is 16.6. The molecule has 0 radical (unpaired) electrons. The number of carboxylic acids is 1. The fourth-order valence-corrected chi connectivity index (χ4v) is 3.63. The van der Waals surface area contributed by atoms with Crippen LogP contribution in [0.5, 0.6) is 0 Å². The van der Waals surface area contributed by atoms with E-state index in [2.05, 4.69) is 32.9 Å². The number of hydrogen-bond acceptors (Lipinski definition) is 3. The zero-order valence-electron chi connectivity index (χ0n) is 13.8. The molecule has 24 heavy (non-hydrogen) atoms. The third-order valence-electron chi connectivity index (χ3n) is 4.03. The minimum atomic E-state index is -1.02. The van der Waals surface area contributed by atoms with Crippen LogP contribution in [0.1, 0.15) is 40.8 Å². The van der Waals surface area contributed by atoms with Gasteiger partial charge in [-0.25, -0.2) is 14.3 Å². The minimum absolute atomic E-state index is 0.0526. The van der Waals surface area contributed by atoms with Crippen molar-refractivity contribution in [3.05, 3.63) is 51.4 Å². The zero-order valence-corrected chi connectivity index (χ0v) is 15.4. The van der Waals surface area contributed by atoms with E-state index in [1.54, 1.807) is 10.6 Å². The number of aromatic nitrogens is 3. The second kappa shape index (κ2) is 6.36. The number of hydrogen-bond donors (Lipinski definition) is 1. The lowest BCUT2D eigenvalue weighted by atomic mass is 10.0. The molecule has 0 aliphatic heterocycles. The monoisotopic (exact) mass is 387 g/mol. The first-order valence-corrected chi connectivity index (χ1v) is 8.61. The Bertz CT molecular complexity index is 927. The Balaban J connectivity index is 2.41. The number of benzene rings is 1. The van der Waals surface area contributed by atoms with E-state index in [1.165, 1.54) is 0 Å². The van der Waals surface area contributed by atoms with Crippen LogP contribution in [0.15, 0.2) is 28.7 Å². The summed E-state index contributed by atoms with van der Waals surface area (Å²) in [6.07, 6.45) is 1.65. The summed E-state index contributed by atoms with van der Waals surface area (Å²) in [4.78, 5) is 15.9. The molecule has 0 fully saturated rings. The van der Waals surface area contributed by atoms with Crippen LogP contribution >= 0.6 is 15.9 Å². The Hall–Kier alpha value is -2.21. The molecule has 6 heteroatoms. The number of carboxylic acid groups (broad SMARTS) is 1. The number of fused-ring (bicyclic) bond motifs is 1. The van der Waals surface area contributed by atoms with E-state index in [4.69, 9.17) is 0 Å². The number of aryl methyl sites for hydroxylation is 3. The average molecular weight is 388 g/mol. The number of nitrogens with zero attached hydrogens (tertiary/aromatic N) is 3. The lowest BCUT2D eigenvalue weighted by Gasteiger charge is -2.09. The van der Waals surface area contributed by atoms with E-state index in [-0.39, 0.29) is 5.69 Å². The van der Waals surface area contributed by atoms with Gasteiger partial charge in [-0.2, -0.15) is 5.10 Å². The molecule has 0 aliphatic rings. The molecule has 0 aliphatic carbocycles. The fraction of sp³-hybridized carbons (Fsp3) is 0.278. The first-order chi connectivity index (χ1) is 11.4. The van der Waals surface area contributed by atoms with Crippen molar-refractivity contribution in [3.8, 4) is 11.1 Å². The summed E-state index contributed by atoms with van der Waals surface area (Å²) in [7, 11) is 0. The SMILES string of the molecule is CCCc1cc(C(=O)O)nc2c(-c3c(C)cccc3Br)c(C)nn12. The molecule has 1 N–H and O–H groups in total. The van der Waals surface area contributed by atoms with Crippen molar-refractivity contribution in [1.29, 1.82) is 0 Å². The molecule has 3 rings (SSSR count). The fourth-order valence-electron chi connectivity index (χ4n) is 2.97. The predicted octanol–water partition coefficient (Wildman–Crippen LogP) is 4.43. The molecular weight excluding hydrogens is 370 g/mol. The molecule has 5 nitrogen and oxygen atoms in total. The van der Waals surface area contributed by atoms with Crippen molar-refractivity contribution >= 4 is 27.5 Å². The number of rotatable bonds is 4. The van der Waals surface area contributed by atoms with Gasteiger partial charge in [0.25, 0.3) is 0 Å². The predicted molar refractivity (Wildman–Crippen MR) is 96.6 cm³/mol. The Morgan fingerprint density at radius 1 is 1.29 bits per heavy atom. The van der Waals surface area contributed by atoms with Crippen LogP contribution in [0.4, 0.5) is 0 Å². The Kier molecular flexibility index (Phi) is 4.41. The normalized spacial score (nSPS) is 11.2. The average Bonchev–Trinajstić information content (AvgIpc) is 2.84. The molecule has 124 valence electrons. The highest BCUT2D eigenvalue weighted by molar-refractivity contribution is 9.10. The molecule has 0 atom stereocenters. The Morgan fingerprint density at radius 3 is 2.67 bits per heavy atom. The molecule has 0 amide bonds.